The van der Waals surface area contributed by atoms with Gasteiger partial charge in [-0.05, 0) is 39.2 Å². The van der Waals surface area contributed by atoms with Crippen LogP contribution in [-0.4, -0.2) is 107 Å². The number of hydrogen-bond donors (Lipinski definition) is 1. The molecule has 1 unspecified atom stereocenters. The molecule has 208 valence electrons. The summed E-state index contributed by atoms with van der Waals surface area (Å²) in [5.74, 6) is -0.372. The molecule has 38 heavy (non-hydrogen) atoms. The van der Waals surface area contributed by atoms with Crippen molar-refractivity contribution in [2.75, 3.05) is 45.8 Å². The predicted molar refractivity (Wildman–Crippen MR) is 139 cm³/mol. The second-order valence-corrected chi connectivity index (χ2v) is 11.1. The summed E-state index contributed by atoms with van der Waals surface area (Å²) in [6.45, 7) is 9.21. The summed E-state index contributed by atoms with van der Waals surface area (Å²) in [5.41, 5.74) is 0.441. The number of nitrogens with zero attached hydrogens (tertiary/aromatic N) is 4. The van der Waals surface area contributed by atoms with Gasteiger partial charge in [0.05, 0.1) is 12.6 Å². The number of amides is 4. The normalized spacial score (nSPS) is 22.0. The number of urea groups is 1. The Kier molecular flexibility index (Phi) is 8.88. The molecule has 1 aromatic rings. The molecule has 4 rings (SSSR count). The lowest BCUT2D eigenvalue weighted by Gasteiger charge is -2.35. The second kappa shape index (κ2) is 12.1. The molecule has 3 heterocycles. The number of Topliss-reactive ketones (excluding diaryl/α,β-unsaturated/α-hetero) is 1. The highest BCUT2D eigenvalue weighted by atomic mass is 16.7. The number of rotatable bonds is 9. The standard InChI is InChI=1S/C27H39N5O6/c1-27(2,3)38-26(36)30-15-13-29(14-16-30)12-11-22(33)17-28-24(34)23-10-9-21-18-31(23)25(35)32(21)37-19-20-7-5-4-6-8-20/h4-8,21,23H,9-19H2,1-3H3,(H,28,34)/t21?,23-/m0/s1. The molecule has 1 N–H and O–H groups in total. The zero-order valence-electron chi connectivity index (χ0n) is 22.6. The van der Waals surface area contributed by atoms with Crippen LogP contribution in [0.5, 0.6) is 0 Å². The molecule has 11 heteroatoms. The van der Waals surface area contributed by atoms with Crippen molar-refractivity contribution in [3.8, 4) is 0 Å². The van der Waals surface area contributed by atoms with Gasteiger partial charge in [0, 0.05) is 45.7 Å². The molecule has 1 aromatic carbocycles. The summed E-state index contributed by atoms with van der Waals surface area (Å²) >= 11 is 0. The molecule has 3 fully saturated rings. The second-order valence-electron chi connectivity index (χ2n) is 11.1. The number of benzene rings is 1. The third kappa shape index (κ3) is 7.22. The van der Waals surface area contributed by atoms with E-state index in [0.717, 1.165) is 5.56 Å². The third-order valence-electron chi connectivity index (χ3n) is 7.03. The molecule has 0 saturated carbocycles. The van der Waals surface area contributed by atoms with E-state index in [4.69, 9.17) is 9.57 Å². The number of ketones is 1. The number of fused-ring (bicyclic) bond motifs is 2. The Morgan fingerprint density at radius 1 is 1.03 bits per heavy atom. The van der Waals surface area contributed by atoms with Gasteiger partial charge in [-0.15, -0.1) is 0 Å². The fourth-order valence-electron chi connectivity index (χ4n) is 4.94. The van der Waals surface area contributed by atoms with Crippen molar-refractivity contribution >= 4 is 23.8 Å². The minimum atomic E-state index is -0.599. The summed E-state index contributed by atoms with van der Waals surface area (Å²) in [6.07, 6.45) is 1.19. The van der Waals surface area contributed by atoms with Crippen LogP contribution in [0.2, 0.25) is 0 Å². The van der Waals surface area contributed by atoms with Crippen LogP contribution in [0.25, 0.3) is 0 Å². The molecule has 4 amide bonds. The van der Waals surface area contributed by atoms with Gasteiger partial charge in [0.2, 0.25) is 5.91 Å². The van der Waals surface area contributed by atoms with Crippen molar-refractivity contribution < 1.29 is 28.8 Å². The van der Waals surface area contributed by atoms with Gasteiger partial charge in [-0.1, -0.05) is 30.3 Å². The SMILES string of the molecule is CC(C)(C)OC(=O)N1CCN(CCC(=O)CNC(=O)[C@@H]2CCC3CN2C(=O)N3OCc2ccccc2)CC1. The van der Waals surface area contributed by atoms with Crippen LogP contribution in [0, 0.1) is 0 Å². The molecule has 0 aliphatic carbocycles. The summed E-state index contributed by atoms with van der Waals surface area (Å²) in [4.78, 5) is 61.6. The molecule has 0 spiro atoms. The Labute approximate surface area is 223 Å². The van der Waals surface area contributed by atoms with Gasteiger partial charge in [-0.25, -0.2) is 9.59 Å². The average molecular weight is 530 g/mol. The summed E-state index contributed by atoms with van der Waals surface area (Å²) in [7, 11) is 0. The number of piperidine rings is 1. The molecule has 11 nitrogen and oxygen atoms in total. The van der Waals surface area contributed by atoms with Crippen molar-refractivity contribution in [2.24, 2.45) is 0 Å². The fraction of sp³-hybridized carbons (Fsp3) is 0.630. The number of hydrogen-bond acceptors (Lipinski definition) is 7. The first-order chi connectivity index (χ1) is 18.1. The lowest BCUT2D eigenvalue weighted by atomic mass is 10.0. The number of hydroxylamine groups is 2. The third-order valence-corrected chi connectivity index (χ3v) is 7.03. The molecule has 0 radical (unpaired) electrons. The van der Waals surface area contributed by atoms with Crippen LogP contribution in [0.4, 0.5) is 9.59 Å². The van der Waals surface area contributed by atoms with E-state index >= 15 is 0 Å². The first-order valence-corrected chi connectivity index (χ1v) is 13.4. The monoisotopic (exact) mass is 529 g/mol. The summed E-state index contributed by atoms with van der Waals surface area (Å²) in [5, 5.41) is 4.13. The Hall–Kier alpha value is -3.18. The van der Waals surface area contributed by atoms with Gasteiger partial charge in [-0.2, -0.15) is 5.06 Å². The van der Waals surface area contributed by atoms with E-state index in [1.165, 1.54) is 5.06 Å². The van der Waals surface area contributed by atoms with E-state index in [1.54, 1.807) is 9.80 Å². The van der Waals surface area contributed by atoms with Crippen molar-refractivity contribution in [1.82, 2.24) is 25.1 Å². The molecule has 3 aliphatic heterocycles. The average Bonchev–Trinajstić information content (AvgIpc) is 3.13. The van der Waals surface area contributed by atoms with E-state index in [9.17, 15) is 19.2 Å². The summed E-state index contributed by atoms with van der Waals surface area (Å²) in [6, 6.07) is 8.65. The Bertz CT molecular complexity index is 1000. The van der Waals surface area contributed by atoms with Crippen molar-refractivity contribution in [1.29, 1.82) is 0 Å². The van der Waals surface area contributed by atoms with Gasteiger partial charge in [0.15, 0.2) is 5.78 Å². The van der Waals surface area contributed by atoms with E-state index < -0.39 is 11.6 Å². The number of ether oxygens (including phenoxy) is 1. The smallest absolute Gasteiger partial charge is 0.410 e. The number of nitrogens with one attached hydrogen (secondary N) is 1. The van der Waals surface area contributed by atoms with Crippen LogP contribution < -0.4 is 5.32 Å². The molecular weight excluding hydrogens is 490 g/mol. The van der Waals surface area contributed by atoms with E-state index in [-0.39, 0.29) is 36.4 Å². The molecule has 3 saturated heterocycles. The maximum atomic E-state index is 12.9. The fourth-order valence-corrected chi connectivity index (χ4v) is 4.94. The molecule has 2 atom stereocenters. The van der Waals surface area contributed by atoms with E-state index in [0.29, 0.717) is 65.1 Å². The highest BCUT2D eigenvalue weighted by Crippen LogP contribution is 2.30. The van der Waals surface area contributed by atoms with Gasteiger partial charge in [-0.3, -0.25) is 19.3 Å². The first kappa shape index (κ1) is 27.8. The van der Waals surface area contributed by atoms with Crippen LogP contribution >= 0.6 is 0 Å². The van der Waals surface area contributed by atoms with Gasteiger partial charge in [0.1, 0.15) is 18.2 Å². The zero-order chi connectivity index (χ0) is 27.3. The lowest BCUT2D eigenvalue weighted by Crippen LogP contribution is -2.51. The molecule has 3 aliphatic rings. The Morgan fingerprint density at radius 3 is 2.42 bits per heavy atom. The number of carbonyl (C=O) groups is 4. The first-order valence-electron chi connectivity index (χ1n) is 13.4. The highest BCUT2D eigenvalue weighted by molar-refractivity contribution is 5.91. The number of piperazine rings is 1. The Morgan fingerprint density at radius 2 is 1.74 bits per heavy atom. The minimum Gasteiger partial charge on any atom is -0.444 e. The summed E-state index contributed by atoms with van der Waals surface area (Å²) < 4.78 is 5.42. The Balaban J connectivity index is 1.15. The van der Waals surface area contributed by atoms with Crippen LogP contribution in [-0.2, 0) is 25.8 Å². The van der Waals surface area contributed by atoms with Crippen molar-refractivity contribution in [2.45, 2.75) is 64.3 Å². The predicted octanol–water partition coefficient (Wildman–Crippen LogP) is 2.01. The molecule has 2 bridgehead atoms. The maximum Gasteiger partial charge on any atom is 0.410 e. The topological polar surface area (TPSA) is 112 Å². The molecular formula is C27H39N5O6. The highest BCUT2D eigenvalue weighted by Gasteiger charge is 2.47. The van der Waals surface area contributed by atoms with Gasteiger partial charge in [0.25, 0.3) is 0 Å². The zero-order valence-corrected chi connectivity index (χ0v) is 22.6. The number of carbonyl (C=O) groups excluding carboxylic acids is 4. The van der Waals surface area contributed by atoms with Crippen LogP contribution in [0.3, 0.4) is 0 Å². The van der Waals surface area contributed by atoms with Gasteiger partial charge < -0.3 is 19.9 Å². The van der Waals surface area contributed by atoms with Crippen LogP contribution in [0.15, 0.2) is 30.3 Å². The largest absolute Gasteiger partial charge is 0.444 e. The van der Waals surface area contributed by atoms with Gasteiger partial charge >= 0.3 is 12.1 Å². The van der Waals surface area contributed by atoms with E-state index in [2.05, 4.69) is 10.2 Å². The maximum absolute atomic E-state index is 12.9. The minimum absolute atomic E-state index is 0.0626. The quantitative estimate of drug-likeness (QED) is 0.521. The van der Waals surface area contributed by atoms with Crippen molar-refractivity contribution in [3.05, 3.63) is 35.9 Å². The lowest BCUT2D eigenvalue weighted by molar-refractivity contribution is -0.140. The molecule has 0 aromatic heterocycles. The van der Waals surface area contributed by atoms with Crippen molar-refractivity contribution in [3.63, 3.8) is 0 Å². The van der Waals surface area contributed by atoms with Crippen LogP contribution in [0.1, 0.15) is 45.6 Å². The van der Waals surface area contributed by atoms with E-state index in [1.807, 2.05) is 51.1 Å².